The molecule has 0 N–H and O–H groups in total. The lowest BCUT2D eigenvalue weighted by molar-refractivity contribution is -0.134. The molecule has 1 aliphatic heterocycles. The molecule has 1 heterocycles. The first-order valence-electron chi connectivity index (χ1n) is 9.58. The van der Waals surface area contributed by atoms with Gasteiger partial charge < -0.3 is 9.47 Å². The summed E-state index contributed by atoms with van der Waals surface area (Å²) in [5, 5.41) is 0. The normalized spacial score (nSPS) is 14.3. The number of nitrogens with zero attached hydrogens (tertiary/aromatic N) is 2. The summed E-state index contributed by atoms with van der Waals surface area (Å²) in [6.45, 7) is 4.70. The van der Waals surface area contributed by atoms with Crippen LogP contribution in [0.5, 0.6) is 11.5 Å². The molecule has 0 spiro atoms. The number of ether oxygens (including phenoxy) is 2. The number of carbonyl (C=O) groups is 3. The van der Waals surface area contributed by atoms with E-state index in [2.05, 4.69) is 0 Å². The Balaban J connectivity index is 1.87. The Hall–Kier alpha value is -3.61. The van der Waals surface area contributed by atoms with Crippen LogP contribution in [0.25, 0.3) is 6.08 Å². The van der Waals surface area contributed by atoms with Gasteiger partial charge in [0.15, 0.2) is 11.5 Å². The molecule has 2 aromatic carbocycles. The summed E-state index contributed by atoms with van der Waals surface area (Å²) in [4.78, 5) is 38.5. The van der Waals surface area contributed by atoms with Crippen molar-refractivity contribution in [3.63, 3.8) is 0 Å². The molecule has 0 saturated carbocycles. The van der Waals surface area contributed by atoms with Crippen LogP contribution in [0.2, 0.25) is 0 Å². The molecule has 2 aromatic rings. The molecule has 0 bridgehead atoms. The second-order valence-electron chi connectivity index (χ2n) is 6.99. The second-order valence-corrected chi connectivity index (χ2v) is 6.99. The van der Waals surface area contributed by atoms with E-state index < -0.39 is 17.8 Å². The molecule has 7 heteroatoms. The van der Waals surface area contributed by atoms with Crippen LogP contribution in [-0.2, 0) is 16.2 Å². The summed E-state index contributed by atoms with van der Waals surface area (Å²) < 4.78 is 11.6. The number of urea groups is 1. The average molecular weight is 408 g/mol. The van der Waals surface area contributed by atoms with Crippen molar-refractivity contribution in [2.24, 2.45) is 0 Å². The molecular formula is C23H24N2O5. The van der Waals surface area contributed by atoms with Crippen LogP contribution in [-0.4, -0.2) is 48.3 Å². The summed E-state index contributed by atoms with van der Waals surface area (Å²) in [6, 6.07) is 12.6. The fourth-order valence-electron chi connectivity index (χ4n) is 3.11. The summed E-state index contributed by atoms with van der Waals surface area (Å²) in [5.41, 5.74) is 2.70. The van der Waals surface area contributed by atoms with Crippen LogP contribution in [0.15, 0.2) is 48.0 Å². The molecule has 0 aromatic heterocycles. The van der Waals surface area contributed by atoms with Gasteiger partial charge in [-0.25, -0.2) is 4.79 Å². The maximum absolute atomic E-state index is 12.4. The summed E-state index contributed by atoms with van der Waals surface area (Å²) in [6.07, 6.45) is 1.46. The molecule has 156 valence electrons. The zero-order valence-corrected chi connectivity index (χ0v) is 17.5. The number of amides is 4. The van der Waals surface area contributed by atoms with Gasteiger partial charge in [0.25, 0.3) is 11.8 Å². The van der Waals surface area contributed by atoms with E-state index in [0.29, 0.717) is 30.3 Å². The highest BCUT2D eigenvalue weighted by molar-refractivity contribution is 6.30. The van der Waals surface area contributed by atoms with Crippen molar-refractivity contribution < 1.29 is 23.9 Å². The first-order chi connectivity index (χ1) is 14.3. The standard InChI is InChI=1S/C23H24N2O5/c1-5-29-20-13-16(12-18-21(26)24(3)23(28)25(4)22(18)27)9-10-19(20)30-14-17-8-6-7-15(2)11-17/h6-13H,5,14H2,1-4H3. The highest BCUT2D eigenvalue weighted by atomic mass is 16.5. The minimum absolute atomic E-state index is 0.0875. The van der Waals surface area contributed by atoms with Crippen LogP contribution < -0.4 is 9.47 Å². The Morgan fingerprint density at radius 2 is 1.60 bits per heavy atom. The first-order valence-corrected chi connectivity index (χ1v) is 9.58. The Morgan fingerprint density at radius 3 is 2.23 bits per heavy atom. The van der Waals surface area contributed by atoms with E-state index in [1.54, 1.807) is 18.2 Å². The number of aryl methyl sites for hydroxylation is 1. The zero-order valence-electron chi connectivity index (χ0n) is 17.5. The Kier molecular flexibility index (Phi) is 6.20. The van der Waals surface area contributed by atoms with Gasteiger partial charge in [0.2, 0.25) is 0 Å². The maximum atomic E-state index is 12.4. The van der Waals surface area contributed by atoms with Crippen molar-refractivity contribution in [3.05, 3.63) is 64.7 Å². The van der Waals surface area contributed by atoms with Gasteiger partial charge in [-0.1, -0.05) is 35.9 Å². The average Bonchev–Trinajstić information content (AvgIpc) is 2.73. The van der Waals surface area contributed by atoms with Gasteiger partial charge >= 0.3 is 6.03 Å². The van der Waals surface area contributed by atoms with E-state index in [-0.39, 0.29) is 5.57 Å². The predicted molar refractivity (Wildman–Crippen MR) is 112 cm³/mol. The van der Waals surface area contributed by atoms with Crippen molar-refractivity contribution in [1.82, 2.24) is 9.80 Å². The smallest absolute Gasteiger partial charge is 0.333 e. The molecule has 1 saturated heterocycles. The number of imide groups is 2. The van der Waals surface area contributed by atoms with E-state index in [0.717, 1.165) is 20.9 Å². The van der Waals surface area contributed by atoms with Crippen molar-refractivity contribution in [2.75, 3.05) is 20.7 Å². The lowest BCUT2D eigenvalue weighted by Gasteiger charge is -2.28. The molecule has 0 aliphatic carbocycles. The molecule has 0 radical (unpaired) electrons. The number of hydrogen-bond donors (Lipinski definition) is 0. The third kappa shape index (κ3) is 4.35. The number of barbiturate groups is 1. The van der Waals surface area contributed by atoms with Gasteiger partial charge in [-0.05, 0) is 43.2 Å². The zero-order chi connectivity index (χ0) is 21.8. The largest absolute Gasteiger partial charge is 0.490 e. The lowest BCUT2D eigenvalue weighted by Crippen LogP contribution is -2.52. The molecule has 1 fully saturated rings. The molecule has 1 aliphatic rings. The van der Waals surface area contributed by atoms with Crippen LogP contribution in [0.4, 0.5) is 4.79 Å². The topological polar surface area (TPSA) is 76.2 Å². The number of rotatable bonds is 6. The number of carbonyl (C=O) groups excluding carboxylic acids is 3. The van der Waals surface area contributed by atoms with E-state index >= 15 is 0 Å². The number of hydrogen-bond acceptors (Lipinski definition) is 5. The van der Waals surface area contributed by atoms with Crippen LogP contribution >= 0.6 is 0 Å². The predicted octanol–water partition coefficient (Wildman–Crippen LogP) is 3.41. The Labute approximate surface area is 175 Å². The SMILES string of the molecule is CCOc1cc(C=C2C(=O)N(C)C(=O)N(C)C2=O)ccc1OCc1cccc(C)c1. The van der Waals surface area contributed by atoms with Crippen molar-refractivity contribution in [1.29, 1.82) is 0 Å². The summed E-state index contributed by atoms with van der Waals surface area (Å²) >= 11 is 0. The van der Waals surface area contributed by atoms with Crippen molar-refractivity contribution >= 4 is 23.9 Å². The molecule has 30 heavy (non-hydrogen) atoms. The van der Waals surface area contributed by atoms with Gasteiger partial charge in [0.1, 0.15) is 12.2 Å². The quantitative estimate of drug-likeness (QED) is 0.541. The minimum atomic E-state index is -0.656. The molecular weight excluding hydrogens is 384 g/mol. The van der Waals surface area contributed by atoms with Crippen LogP contribution in [0, 0.1) is 6.92 Å². The van der Waals surface area contributed by atoms with Crippen molar-refractivity contribution in [3.8, 4) is 11.5 Å². The molecule has 0 unspecified atom stereocenters. The highest BCUT2D eigenvalue weighted by Crippen LogP contribution is 2.31. The van der Waals surface area contributed by atoms with E-state index in [1.165, 1.54) is 20.2 Å². The Morgan fingerprint density at radius 1 is 0.900 bits per heavy atom. The fourth-order valence-corrected chi connectivity index (χ4v) is 3.11. The van der Waals surface area contributed by atoms with Gasteiger partial charge in [0.05, 0.1) is 6.61 Å². The Bertz CT molecular complexity index is 1000. The second kappa shape index (κ2) is 8.82. The fraction of sp³-hybridized carbons (Fsp3) is 0.261. The highest BCUT2D eigenvalue weighted by Gasteiger charge is 2.37. The number of benzene rings is 2. The molecule has 4 amide bonds. The number of likely N-dealkylation sites (N-methyl/N-ethyl adjacent to an activating group) is 2. The van der Waals surface area contributed by atoms with Gasteiger partial charge in [0, 0.05) is 14.1 Å². The van der Waals surface area contributed by atoms with Crippen molar-refractivity contribution in [2.45, 2.75) is 20.5 Å². The molecule has 7 nitrogen and oxygen atoms in total. The monoisotopic (exact) mass is 408 g/mol. The first kappa shape index (κ1) is 21.1. The maximum Gasteiger partial charge on any atom is 0.333 e. The lowest BCUT2D eigenvalue weighted by atomic mass is 10.1. The van der Waals surface area contributed by atoms with Crippen LogP contribution in [0.3, 0.4) is 0 Å². The van der Waals surface area contributed by atoms with E-state index in [1.807, 2.05) is 38.1 Å². The minimum Gasteiger partial charge on any atom is -0.490 e. The van der Waals surface area contributed by atoms with Crippen LogP contribution in [0.1, 0.15) is 23.6 Å². The third-order valence-electron chi connectivity index (χ3n) is 4.70. The van der Waals surface area contributed by atoms with Gasteiger partial charge in [-0.2, -0.15) is 0 Å². The molecule has 0 atom stereocenters. The van der Waals surface area contributed by atoms with Gasteiger partial charge in [-0.15, -0.1) is 0 Å². The molecule has 3 rings (SSSR count). The van der Waals surface area contributed by atoms with E-state index in [9.17, 15) is 14.4 Å². The van der Waals surface area contributed by atoms with Gasteiger partial charge in [-0.3, -0.25) is 19.4 Å². The third-order valence-corrected chi connectivity index (χ3v) is 4.70. The van der Waals surface area contributed by atoms with E-state index in [4.69, 9.17) is 9.47 Å². The summed E-state index contributed by atoms with van der Waals surface area (Å²) in [5.74, 6) is -0.208. The summed E-state index contributed by atoms with van der Waals surface area (Å²) in [7, 11) is 2.69.